The van der Waals surface area contributed by atoms with Gasteiger partial charge in [0.25, 0.3) is 0 Å². The minimum atomic E-state index is 0.427. The molecule has 0 aliphatic heterocycles. The minimum absolute atomic E-state index is 0.427. The van der Waals surface area contributed by atoms with Crippen molar-refractivity contribution in [3.63, 3.8) is 0 Å². The normalized spacial score (nSPS) is 11.2. The van der Waals surface area contributed by atoms with Crippen LogP contribution in [0.5, 0.6) is 0 Å². The van der Waals surface area contributed by atoms with Crippen LogP contribution in [-0.4, -0.2) is 40.0 Å². The molecular weight excluding hydrogens is 222 g/mol. The van der Waals surface area contributed by atoms with Crippen LogP contribution in [-0.2, 0) is 14.1 Å². The first kappa shape index (κ1) is 9.63. The van der Waals surface area contributed by atoms with Crippen LogP contribution in [0, 0.1) is 0 Å². The third-order valence-corrected chi connectivity index (χ3v) is 2.48. The molecule has 2 N–H and O–H groups in total. The summed E-state index contributed by atoms with van der Waals surface area (Å²) in [7, 11) is 3.47. The van der Waals surface area contributed by atoms with Crippen LogP contribution in [0.1, 0.15) is 0 Å². The van der Waals surface area contributed by atoms with Crippen molar-refractivity contribution in [3.8, 4) is 11.4 Å². The smallest absolute Gasteiger partial charge is 0.182 e. The zero-order valence-electron chi connectivity index (χ0n) is 9.23. The van der Waals surface area contributed by atoms with E-state index < -0.39 is 0 Å². The summed E-state index contributed by atoms with van der Waals surface area (Å²) in [6.45, 7) is 0. The average molecular weight is 231 g/mol. The molecule has 0 radical (unpaired) electrons. The van der Waals surface area contributed by atoms with Crippen LogP contribution in [0.15, 0.2) is 6.33 Å². The lowest BCUT2D eigenvalue weighted by Gasteiger charge is -1.98. The second-order valence-electron chi connectivity index (χ2n) is 3.55. The van der Waals surface area contributed by atoms with Gasteiger partial charge in [-0.05, 0) is 0 Å². The molecule has 3 aromatic rings. The monoisotopic (exact) mass is 231 g/mol. The van der Waals surface area contributed by atoms with E-state index in [2.05, 4.69) is 30.6 Å². The molecule has 17 heavy (non-hydrogen) atoms. The van der Waals surface area contributed by atoms with Crippen LogP contribution in [0.4, 0.5) is 5.82 Å². The third kappa shape index (κ3) is 1.25. The summed E-state index contributed by atoms with van der Waals surface area (Å²) >= 11 is 0. The molecule has 3 rings (SSSR count). The fraction of sp³-hybridized carbons (Fsp3) is 0.250. The predicted molar refractivity (Wildman–Crippen MR) is 58.5 cm³/mol. The summed E-state index contributed by atoms with van der Waals surface area (Å²) < 4.78 is 3.03. The molecule has 0 amide bonds. The Kier molecular flexibility index (Phi) is 1.82. The van der Waals surface area contributed by atoms with Crippen molar-refractivity contribution in [2.45, 2.75) is 0 Å². The number of rotatable bonds is 1. The highest BCUT2D eigenvalue weighted by Crippen LogP contribution is 2.25. The lowest BCUT2D eigenvalue weighted by molar-refractivity contribution is 0.723. The summed E-state index contributed by atoms with van der Waals surface area (Å²) in [6, 6.07) is 0. The summed E-state index contributed by atoms with van der Waals surface area (Å²) in [4.78, 5) is 8.24. The van der Waals surface area contributed by atoms with Gasteiger partial charge in [0.2, 0.25) is 0 Å². The number of nitrogen functional groups attached to an aromatic ring is 1. The zero-order valence-corrected chi connectivity index (χ0v) is 9.23. The molecule has 0 spiro atoms. The molecule has 0 saturated carbocycles. The summed E-state index contributed by atoms with van der Waals surface area (Å²) in [6.07, 6.45) is 1.43. The molecule has 9 heteroatoms. The summed E-state index contributed by atoms with van der Waals surface area (Å²) in [5, 5.41) is 15.7. The second-order valence-corrected chi connectivity index (χ2v) is 3.55. The summed E-state index contributed by atoms with van der Waals surface area (Å²) in [5.74, 6) is 0.427. The zero-order chi connectivity index (χ0) is 12.0. The van der Waals surface area contributed by atoms with E-state index >= 15 is 0 Å². The lowest BCUT2D eigenvalue weighted by Crippen LogP contribution is -1.99. The molecule has 0 unspecified atom stereocenters. The van der Waals surface area contributed by atoms with Crippen molar-refractivity contribution in [2.24, 2.45) is 14.1 Å². The Morgan fingerprint density at radius 3 is 2.47 bits per heavy atom. The van der Waals surface area contributed by atoms with Gasteiger partial charge in [0.15, 0.2) is 22.7 Å². The minimum Gasteiger partial charge on any atom is -0.382 e. The van der Waals surface area contributed by atoms with Gasteiger partial charge in [0, 0.05) is 14.1 Å². The third-order valence-electron chi connectivity index (χ3n) is 2.48. The maximum absolute atomic E-state index is 5.86. The van der Waals surface area contributed by atoms with Crippen molar-refractivity contribution in [1.82, 2.24) is 40.0 Å². The first-order valence-electron chi connectivity index (χ1n) is 4.84. The molecule has 0 bridgehead atoms. The Hall–Kier alpha value is -2.58. The van der Waals surface area contributed by atoms with Gasteiger partial charge in [0.05, 0.1) is 0 Å². The number of hydrogen-bond donors (Lipinski definition) is 1. The van der Waals surface area contributed by atoms with E-state index in [4.69, 9.17) is 5.73 Å². The first-order valence-corrected chi connectivity index (χ1v) is 4.84. The number of aromatic nitrogens is 8. The number of nitrogens with zero attached hydrogens (tertiary/aromatic N) is 8. The molecule has 0 fully saturated rings. The van der Waals surface area contributed by atoms with Crippen LogP contribution in [0.2, 0.25) is 0 Å². The first-order chi connectivity index (χ1) is 8.18. The van der Waals surface area contributed by atoms with Gasteiger partial charge in [-0.25, -0.2) is 19.3 Å². The van der Waals surface area contributed by atoms with Crippen LogP contribution in [0.25, 0.3) is 22.6 Å². The van der Waals surface area contributed by atoms with Crippen molar-refractivity contribution in [2.75, 3.05) is 5.73 Å². The Bertz CT molecular complexity index is 694. The predicted octanol–water partition coefficient (Wildman–Crippen LogP) is -0.864. The van der Waals surface area contributed by atoms with E-state index in [1.165, 1.54) is 11.0 Å². The number of hydrogen-bond acceptors (Lipinski definition) is 7. The quantitative estimate of drug-likeness (QED) is 0.579. The van der Waals surface area contributed by atoms with Crippen molar-refractivity contribution in [3.05, 3.63) is 6.33 Å². The van der Waals surface area contributed by atoms with Crippen LogP contribution < -0.4 is 5.73 Å². The van der Waals surface area contributed by atoms with Crippen molar-refractivity contribution in [1.29, 1.82) is 0 Å². The molecule has 3 aromatic heterocycles. The molecular formula is C8H9N9. The Morgan fingerprint density at radius 1 is 1.00 bits per heavy atom. The van der Waals surface area contributed by atoms with Gasteiger partial charge in [0.1, 0.15) is 12.0 Å². The van der Waals surface area contributed by atoms with E-state index in [9.17, 15) is 0 Å². The van der Waals surface area contributed by atoms with Gasteiger partial charge in [-0.3, -0.25) is 0 Å². The summed E-state index contributed by atoms with van der Waals surface area (Å²) in [5.41, 5.74) is 8.06. The Morgan fingerprint density at radius 2 is 1.76 bits per heavy atom. The second kappa shape index (κ2) is 3.20. The van der Waals surface area contributed by atoms with Gasteiger partial charge in [-0.1, -0.05) is 10.4 Å². The van der Waals surface area contributed by atoms with Crippen molar-refractivity contribution < 1.29 is 0 Å². The van der Waals surface area contributed by atoms with Gasteiger partial charge < -0.3 is 5.73 Å². The molecule has 9 nitrogen and oxygen atoms in total. The number of fused-ring (bicyclic) bond motifs is 1. The van der Waals surface area contributed by atoms with Crippen molar-refractivity contribution >= 4 is 17.0 Å². The van der Waals surface area contributed by atoms with Gasteiger partial charge in [-0.2, -0.15) is 0 Å². The van der Waals surface area contributed by atoms with Gasteiger partial charge >= 0.3 is 0 Å². The lowest BCUT2D eigenvalue weighted by atomic mass is 10.2. The Labute approximate surface area is 95.3 Å². The van der Waals surface area contributed by atoms with Crippen LogP contribution >= 0.6 is 0 Å². The molecule has 3 heterocycles. The van der Waals surface area contributed by atoms with Gasteiger partial charge in [-0.15, -0.1) is 10.2 Å². The molecule has 0 aliphatic carbocycles. The van der Waals surface area contributed by atoms with E-state index in [0.717, 1.165) is 0 Å². The highest BCUT2D eigenvalue weighted by Gasteiger charge is 2.17. The van der Waals surface area contributed by atoms with E-state index in [1.807, 2.05) is 0 Å². The number of anilines is 1. The average Bonchev–Trinajstić information content (AvgIpc) is 2.86. The molecule has 0 saturated heterocycles. The van der Waals surface area contributed by atoms with E-state index in [0.29, 0.717) is 28.4 Å². The largest absolute Gasteiger partial charge is 0.382 e. The molecule has 0 aromatic carbocycles. The SMILES string of the molecule is Cn1nnc(-c2ncnc3c2nnn3C)c1N. The van der Waals surface area contributed by atoms with E-state index in [-0.39, 0.29) is 0 Å². The highest BCUT2D eigenvalue weighted by molar-refractivity contribution is 5.87. The Balaban J connectivity index is 2.34. The highest BCUT2D eigenvalue weighted by atomic mass is 15.4. The maximum atomic E-state index is 5.86. The molecule has 0 atom stereocenters. The number of nitrogens with two attached hydrogens (primary N) is 1. The number of aryl methyl sites for hydroxylation is 2. The maximum Gasteiger partial charge on any atom is 0.182 e. The topological polar surface area (TPSA) is 113 Å². The molecule has 0 aliphatic rings. The fourth-order valence-corrected chi connectivity index (χ4v) is 1.56. The van der Waals surface area contributed by atoms with E-state index in [1.54, 1.807) is 18.8 Å². The fourth-order valence-electron chi connectivity index (χ4n) is 1.56. The standard InChI is InChI=1S/C8H9N9/c1-16-7(9)5(12-14-16)4-6-8(11-3-10-4)17(2)15-13-6/h3H,9H2,1-2H3. The van der Waals surface area contributed by atoms with Crippen LogP contribution in [0.3, 0.4) is 0 Å². The molecule has 86 valence electrons.